The van der Waals surface area contributed by atoms with Crippen molar-refractivity contribution in [1.29, 1.82) is 0 Å². The summed E-state index contributed by atoms with van der Waals surface area (Å²) in [6, 6.07) is 9.91. The standard InChI is InChI=1S/C14H14F2N2/c1-18-11-4-2-3-9(7-11)14(17)12-8-10(15)5-6-13(12)16/h2-8,14,18H,17H2,1H3. The minimum atomic E-state index is -0.686. The van der Waals surface area contributed by atoms with E-state index in [-0.39, 0.29) is 5.56 Å². The third kappa shape index (κ3) is 2.49. The lowest BCUT2D eigenvalue weighted by atomic mass is 9.98. The SMILES string of the molecule is CNc1cccc(C(N)c2cc(F)ccc2F)c1. The van der Waals surface area contributed by atoms with E-state index >= 15 is 0 Å². The fourth-order valence-corrected chi connectivity index (χ4v) is 1.82. The summed E-state index contributed by atoms with van der Waals surface area (Å²) in [5.41, 5.74) is 7.73. The van der Waals surface area contributed by atoms with Gasteiger partial charge >= 0.3 is 0 Å². The van der Waals surface area contributed by atoms with Gasteiger partial charge in [-0.05, 0) is 35.9 Å². The highest BCUT2D eigenvalue weighted by Gasteiger charge is 2.14. The van der Waals surface area contributed by atoms with Crippen molar-refractivity contribution in [3.63, 3.8) is 0 Å². The van der Waals surface area contributed by atoms with E-state index in [1.54, 1.807) is 13.1 Å². The molecule has 0 saturated heterocycles. The molecule has 1 atom stereocenters. The van der Waals surface area contributed by atoms with Gasteiger partial charge in [0.2, 0.25) is 0 Å². The molecule has 0 spiro atoms. The summed E-state index contributed by atoms with van der Waals surface area (Å²) in [4.78, 5) is 0. The fourth-order valence-electron chi connectivity index (χ4n) is 1.82. The second-order valence-electron chi connectivity index (χ2n) is 4.02. The molecule has 4 heteroatoms. The number of nitrogens with one attached hydrogen (secondary N) is 1. The summed E-state index contributed by atoms with van der Waals surface area (Å²) in [6.45, 7) is 0. The Morgan fingerprint density at radius 2 is 1.89 bits per heavy atom. The molecule has 0 bridgehead atoms. The Bertz CT molecular complexity index is 555. The maximum atomic E-state index is 13.6. The van der Waals surface area contributed by atoms with Crippen LogP contribution in [0.1, 0.15) is 17.2 Å². The first-order valence-electron chi connectivity index (χ1n) is 5.60. The van der Waals surface area contributed by atoms with Gasteiger partial charge in [0.05, 0.1) is 6.04 Å². The molecule has 0 saturated carbocycles. The van der Waals surface area contributed by atoms with E-state index in [1.807, 2.05) is 18.2 Å². The van der Waals surface area contributed by atoms with Gasteiger partial charge in [-0.15, -0.1) is 0 Å². The summed E-state index contributed by atoms with van der Waals surface area (Å²) >= 11 is 0. The van der Waals surface area contributed by atoms with Crippen LogP contribution in [-0.4, -0.2) is 7.05 Å². The summed E-state index contributed by atoms with van der Waals surface area (Å²) in [6.07, 6.45) is 0. The molecule has 2 nitrogen and oxygen atoms in total. The van der Waals surface area contributed by atoms with E-state index in [2.05, 4.69) is 5.32 Å². The monoisotopic (exact) mass is 248 g/mol. The Morgan fingerprint density at radius 3 is 2.61 bits per heavy atom. The molecule has 0 aromatic heterocycles. The molecular formula is C14H14F2N2. The van der Waals surface area contributed by atoms with Crippen LogP contribution < -0.4 is 11.1 Å². The molecular weight excluding hydrogens is 234 g/mol. The Labute approximate surface area is 104 Å². The largest absolute Gasteiger partial charge is 0.388 e. The van der Waals surface area contributed by atoms with Crippen molar-refractivity contribution in [3.8, 4) is 0 Å². The third-order valence-electron chi connectivity index (χ3n) is 2.83. The fraction of sp³-hybridized carbons (Fsp3) is 0.143. The zero-order valence-corrected chi connectivity index (χ0v) is 9.95. The summed E-state index contributed by atoms with van der Waals surface area (Å²) < 4.78 is 26.8. The van der Waals surface area contributed by atoms with E-state index in [0.29, 0.717) is 0 Å². The lowest BCUT2D eigenvalue weighted by Crippen LogP contribution is -2.14. The first-order chi connectivity index (χ1) is 8.61. The summed E-state index contributed by atoms with van der Waals surface area (Å²) in [5.74, 6) is -0.995. The maximum Gasteiger partial charge on any atom is 0.128 e. The number of anilines is 1. The van der Waals surface area contributed by atoms with E-state index in [1.165, 1.54) is 0 Å². The Balaban J connectivity index is 2.40. The zero-order chi connectivity index (χ0) is 13.1. The average molecular weight is 248 g/mol. The van der Waals surface area contributed by atoms with E-state index < -0.39 is 17.7 Å². The van der Waals surface area contributed by atoms with Gasteiger partial charge in [0.25, 0.3) is 0 Å². The van der Waals surface area contributed by atoms with Crippen LogP contribution in [0.15, 0.2) is 42.5 Å². The molecule has 0 heterocycles. The Kier molecular flexibility index (Phi) is 3.58. The van der Waals surface area contributed by atoms with Gasteiger partial charge in [-0.2, -0.15) is 0 Å². The average Bonchev–Trinajstić information content (AvgIpc) is 2.41. The molecule has 2 rings (SSSR count). The van der Waals surface area contributed by atoms with Crippen molar-refractivity contribution in [3.05, 3.63) is 65.2 Å². The Morgan fingerprint density at radius 1 is 1.11 bits per heavy atom. The van der Waals surface area contributed by atoms with Crippen LogP contribution >= 0.6 is 0 Å². The van der Waals surface area contributed by atoms with E-state index in [9.17, 15) is 8.78 Å². The molecule has 0 aliphatic heterocycles. The number of hydrogen-bond acceptors (Lipinski definition) is 2. The van der Waals surface area contributed by atoms with Gasteiger partial charge in [0, 0.05) is 18.3 Å². The van der Waals surface area contributed by atoms with E-state index in [0.717, 1.165) is 29.4 Å². The van der Waals surface area contributed by atoms with Gasteiger partial charge in [-0.25, -0.2) is 8.78 Å². The zero-order valence-electron chi connectivity index (χ0n) is 9.95. The molecule has 0 aliphatic carbocycles. The van der Waals surface area contributed by atoms with Crippen LogP contribution in [0, 0.1) is 11.6 Å². The molecule has 2 aromatic rings. The van der Waals surface area contributed by atoms with Crippen molar-refractivity contribution in [2.45, 2.75) is 6.04 Å². The predicted molar refractivity (Wildman–Crippen MR) is 68.4 cm³/mol. The van der Waals surface area contributed by atoms with Crippen molar-refractivity contribution >= 4 is 5.69 Å². The Hall–Kier alpha value is -1.94. The lowest BCUT2D eigenvalue weighted by molar-refractivity contribution is 0.576. The molecule has 0 amide bonds. The number of benzene rings is 2. The quantitative estimate of drug-likeness (QED) is 0.876. The molecule has 18 heavy (non-hydrogen) atoms. The highest BCUT2D eigenvalue weighted by atomic mass is 19.1. The molecule has 3 N–H and O–H groups in total. The number of hydrogen-bond donors (Lipinski definition) is 2. The number of nitrogens with two attached hydrogens (primary N) is 1. The molecule has 94 valence electrons. The van der Waals surface area contributed by atoms with Gasteiger partial charge in [0.1, 0.15) is 11.6 Å². The summed E-state index contributed by atoms with van der Waals surface area (Å²) in [5, 5.41) is 2.98. The number of halogens is 2. The first kappa shape index (κ1) is 12.5. The second kappa shape index (κ2) is 5.14. The number of rotatable bonds is 3. The van der Waals surface area contributed by atoms with Crippen LogP contribution in [0.25, 0.3) is 0 Å². The first-order valence-corrected chi connectivity index (χ1v) is 5.60. The molecule has 0 fully saturated rings. The van der Waals surface area contributed by atoms with Crippen LogP contribution in [0.4, 0.5) is 14.5 Å². The van der Waals surface area contributed by atoms with Crippen molar-refractivity contribution < 1.29 is 8.78 Å². The minimum absolute atomic E-state index is 0.156. The van der Waals surface area contributed by atoms with Crippen LogP contribution in [0.3, 0.4) is 0 Å². The van der Waals surface area contributed by atoms with E-state index in [4.69, 9.17) is 5.73 Å². The molecule has 2 aromatic carbocycles. The smallest absolute Gasteiger partial charge is 0.128 e. The minimum Gasteiger partial charge on any atom is -0.388 e. The van der Waals surface area contributed by atoms with Crippen LogP contribution in [0.2, 0.25) is 0 Å². The lowest BCUT2D eigenvalue weighted by Gasteiger charge is -2.14. The highest BCUT2D eigenvalue weighted by Crippen LogP contribution is 2.24. The van der Waals surface area contributed by atoms with Gasteiger partial charge < -0.3 is 11.1 Å². The molecule has 0 aliphatic rings. The normalized spacial score (nSPS) is 12.2. The predicted octanol–water partition coefficient (Wildman–Crippen LogP) is 3.05. The highest BCUT2D eigenvalue weighted by molar-refractivity contribution is 5.47. The van der Waals surface area contributed by atoms with Gasteiger partial charge in [0.15, 0.2) is 0 Å². The van der Waals surface area contributed by atoms with Crippen LogP contribution in [-0.2, 0) is 0 Å². The third-order valence-corrected chi connectivity index (χ3v) is 2.83. The topological polar surface area (TPSA) is 38.0 Å². The second-order valence-corrected chi connectivity index (χ2v) is 4.02. The maximum absolute atomic E-state index is 13.6. The van der Waals surface area contributed by atoms with Gasteiger partial charge in [-0.1, -0.05) is 12.1 Å². The van der Waals surface area contributed by atoms with Crippen LogP contribution in [0.5, 0.6) is 0 Å². The summed E-state index contributed by atoms with van der Waals surface area (Å²) in [7, 11) is 1.79. The van der Waals surface area contributed by atoms with Crippen molar-refractivity contribution in [2.24, 2.45) is 5.73 Å². The van der Waals surface area contributed by atoms with Gasteiger partial charge in [-0.3, -0.25) is 0 Å². The van der Waals surface area contributed by atoms with Crippen molar-refractivity contribution in [2.75, 3.05) is 12.4 Å². The van der Waals surface area contributed by atoms with Crippen molar-refractivity contribution in [1.82, 2.24) is 0 Å². The molecule has 0 radical (unpaired) electrons. The molecule has 1 unspecified atom stereocenters.